The first-order valence-corrected chi connectivity index (χ1v) is 7.11. The van der Waals surface area contributed by atoms with Gasteiger partial charge in [-0.05, 0) is 45.8 Å². The van der Waals surface area contributed by atoms with Gasteiger partial charge >= 0.3 is 0 Å². The van der Waals surface area contributed by atoms with Crippen molar-refractivity contribution in [2.75, 3.05) is 4.90 Å². The minimum absolute atomic E-state index is 0.106. The summed E-state index contributed by atoms with van der Waals surface area (Å²) in [5, 5.41) is 4.40. The lowest BCUT2D eigenvalue weighted by Crippen LogP contribution is -2.28. The molecule has 3 aromatic rings. The number of carbonyl (C=O) groups is 2. The van der Waals surface area contributed by atoms with Crippen LogP contribution >= 0.6 is 0 Å². The highest BCUT2D eigenvalue weighted by Gasteiger charge is 2.33. The highest BCUT2D eigenvalue weighted by atomic mass is 16.2. The fourth-order valence-electron chi connectivity index (χ4n) is 2.94. The molecule has 1 fully saturated rings. The van der Waals surface area contributed by atoms with Crippen molar-refractivity contribution in [3.05, 3.63) is 66.7 Å². The second-order valence-electron chi connectivity index (χ2n) is 5.55. The molecule has 0 saturated carbocycles. The molecule has 1 aliphatic rings. The average Bonchev–Trinajstić information content (AvgIpc) is 2.77. The largest absolute Gasteiger partial charge is 0.274 e. The molecule has 0 spiro atoms. The molecule has 0 atom stereocenters. The third-order valence-corrected chi connectivity index (χ3v) is 4.07. The minimum Gasteiger partial charge on any atom is -0.274 e. The summed E-state index contributed by atoms with van der Waals surface area (Å²) in [5.74, 6) is -0.514. The molecule has 3 heteroatoms. The number of hydrogen-bond donors (Lipinski definition) is 0. The number of fused-ring (bicyclic) bond motifs is 2. The molecule has 0 aliphatic carbocycles. The molecule has 22 heavy (non-hydrogen) atoms. The summed E-state index contributed by atoms with van der Waals surface area (Å²) >= 11 is 0. The van der Waals surface area contributed by atoms with E-state index in [1.165, 1.54) is 10.3 Å². The zero-order valence-electron chi connectivity index (χ0n) is 11.9. The van der Waals surface area contributed by atoms with Crippen molar-refractivity contribution in [1.82, 2.24) is 0 Å². The van der Waals surface area contributed by atoms with Crippen molar-refractivity contribution in [3.8, 4) is 0 Å². The van der Waals surface area contributed by atoms with Gasteiger partial charge in [-0.25, -0.2) is 4.90 Å². The first kappa shape index (κ1) is 12.8. The van der Waals surface area contributed by atoms with Crippen LogP contribution in [0.25, 0.3) is 21.5 Å². The Balaban J connectivity index is 1.90. The van der Waals surface area contributed by atoms with Crippen LogP contribution in [0.1, 0.15) is 6.42 Å². The summed E-state index contributed by atoms with van der Waals surface area (Å²) in [5.41, 5.74) is 0.958. The van der Waals surface area contributed by atoms with Crippen molar-refractivity contribution in [2.45, 2.75) is 6.42 Å². The van der Waals surface area contributed by atoms with Crippen LogP contribution in [-0.2, 0) is 9.59 Å². The fraction of sp³-hybridized carbons (Fsp3) is 0.0526. The molecular weight excluding hydrogens is 274 g/mol. The van der Waals surface area contributed by atoms with Gasteiger partial charge in [-0.2, -0.15) is 0 Å². The third-order valence-electron chi connectivity index (χ3n) is 4.07. The lowest BCUT2D eigenvalue weighted by molar-refractivity contribution is -0.120. The highest BCUT2D eigenvalue weighted by Crippen LogP contribution is 2.30. The Labute approximate surface area is 127 Å². The third kappa shape index (κ3) is 1.83. The first-order chi connectivity index (χ1) is 10.6. The fourth-order valence-corrected chi connectivity index (χ4v) is 2.94. The maximum atomic E-state index is 12.1. The summed E-state index contributed by atoms with van der Waals surface area (Å²) in [7, 11) is 0. The number of carbonyl (C=O) groups excluding carboxylic acids is 2. The Morgan fingerprint density at radius 2 is 1.45 bits per heavy atom. The summed E-state index contributed by atoms with van der Waals surface area (Å²) in [4.78, 5) is 25.3. The molecule has 3 nitrogen and oxygen atoms in total. The van der Waals surface area contributed by atoms with Gasteiger partial charge in [0, 0.05) is 5.57 Å². The second-order valence-corrected chi connectivity index (χ2v) is 5.55. The van der Waals surface area contributed by atoms with E-state index in [9.17, 15) is 9.59 Å². The Morgan fingerprint density at radius 1 is 0.818 bits per heavy atom. The highest BCUT2D eigenvalue weighted by molar-refractivity contribution is 6.28. The van der Waals surface area contributed by atoms with E-state index in [4.69, 9.17) is 0 Å². The smallest absolute Gasteiger partial charge is 0.260 e. The molecule has 3 aromatic carbocycles. The molecule has 0 radical (unpaired) electrons. The Bertz CT molecular complexity index is 971. The molecule has 1 saturated heterocycles. The number of amides is 2. The number of hydrogen-bond acceptors (Lipinski definition) is 2. The van der Waals surface area contributed by atoms with Crippen molar-refractivity contribution >= 4 is 39.0 Å². The van der Waals surface area contributed by atoms with Crippen molar-refractivity contribution < 1.29 is 9.59 Å². The van der Waals surface area contributed by atoms with Gasteiger partial charge in [0.2, 0.25) is 5.91 Å². The molecule has 1 heterocycles. The normalized spacial score (nSPS) is 15.3. The molecular formula is C19H13NO2. The predicted molar refractivity (Wildman–Crippen MR) is 87.7 cm³/mol. The molecule has 106 valence electrons. The molecule has 0 N–H and O–H groups in total. The molecule has 0 unspecified atom stereocenters. The number of benzene rings is 3. The van der Waals surface area contributed by atoms with E-state index in [2.05, 4.69) is 30.8 Å². The van der Waals surface area contributed by atoms with Gasteiger partial charge in [0.1, 0.15) is 0 Å². The van der Waals surface area contributed by atoms with E-state index in [-0.39, 0.29) is 18.2 Å². The summed E-state index contributed by atoms with van der Waals surface area (Å²) in [6.45, 7) is 3.65. The van der Waals surface area contributed by atoms with Crippen LogP contribution in [0.15, 0.2) is 66.7 Å². The van der Waals surface area contributed by atoms with E-state index in [0.717, 1.165) is 16.2 Å². The Kier molecular flexibility index (Phi) is 2.63. The van der Waals surface area contributed by atoms with E-state index in [1.54, 1.807) is 0 Å². The Hall–Kier alpha value is -2.94. The number of anilines is 1. The predicted octanol–water partition coefficient (Wildman–Crippen LogP) is 3.81. The standard InChI is InChI=1S/C19H13NO2/c1-12-8-18(21)20(19(12)22)17-7-6-15-9-13-4-2-3-5-14(13)10-16(15)11-17/h2-7,9-11H,1,8H2. The van der Waals surface area contributed by atoms with E-state index >= 15 is 0 Å². The zero-order chi connectivity index (χ0) is 15.3. The van der Waals surface area contributed by atoms with Crippen LogP contribution in [0.3, 0.4) is 0 Å². The van der Waals surface area contributed by atoms with Gasteiger partial charge < -0.3 is 0 Å². The second kappa shape index (κ2) is 4.53. The molecule has 4 rings (SSSR count). The summed E-state index contributed by atoms with van der Waals surface area (Å²) in [6.07, 6.45) is 0.106. The van der Waals surface area contributed by atoms with Crippen LogP contribution in [0.2, 0.25) is 0 Å². The van der Waals surface area contributed by atoms with Gasteiger partial charge in [0.15, 0.2) is 0 Å². The van der Waals surface area contributed by atoms with Gasteiger partial charge in [0.05, 0.1) is 12.1 Å². The maximum Gasteiger partial charge on any atom is 0.260 e. The maximum absolute atomic E-state index is 12.1. The monoisotopic (exact) mass is 287 g/mol. The molecule has 0 bridgehead atoms. The topological polar surface area (TPSA) is 37.4 Å². The molecule has 2 amide bonds. The van der Waals surface area contributed by atoms with E-state index in [1.807, 2.05) is 30.3 Å². The minimum atomic E-state index is -0.301. The summed E-state index contributed by atoms with van der Waals surface area (Å²) < 4.78 is 0. The first-order valence-electron chi connectivity index (χ1n) is 7.11. The lowest BCUT2D eigenvalue weighted by atomic mass is 10.0. The van der Waals surface area contributed by atoms with Gasteiger partial charge in [-0.15, -0.1) is 0 Å². The van der Waals surface area contributed by atoms with Crippen molar-refractivity contribution in [1.29, 1.82) is 0 Å². The van der Waals surface area contributed by atoms with Crippen LogP contribution < -0.4 is 4.90 Å². The number of imide groups is 1. The SMILES string of the molecule is C=C1CC(=O)N(c2ccc3cc4ccccc4cc3c2)C1=O. The number of rotatable bonds is 1. The van der Waals surface area contributed by atoms with Crippen LogP contribution in [-0.4, -0.2) is 11.8 Å². The average molecular weight is 287 g/mol. The van der Waals surface area contributed by atoms with E-state index < -0.39 is 0 Å². The molecule has 1 aliphatic heterocycles. The van der Waals surface area contributed by atoms with Gasteiger partial charge in [-0.3, -0.25) is 9.59 Å². The molecule has 0 aromatic heterocycles. The van der Waals surface area contributed by atoms with E-state index in [0.29, 0.717) is 11.3 Å². The van der Waals surface area contributed by atoms with Crippen LogP contribution in [0.4, 0.5) is 5.69 Å². The van der Waals surface area contributed by atoms with Crippen molar-refractivity contribution in [3.63, 3.8) is 0 Å². The van der Waals surface area contributed by atoms with Gasteiger partial charge in [-0.1, -0.05) is 36.9 Å². The Morgan fingerprint density at radius 3 is 2.09 bits per heavy atom. The van der Waals surface area contributed by atoms with Gasteiger partial charge in [0.25, 0.3) is 5.91 Å². The van der Waals surface area contributed by atoms with Crippen molar-refractivity contribution in [2.24, 2.45) is 0 Å². The summed E-state index contributed by atoms with van der Waals surface area (Å²) in [6, 6.07) is 18.0. The zero-order valence-corrected chi connectivity index (χ0v) is 11.9. The number of nitrogens with zero attached hydrogens (tertiary/aromatic N) is 1. The quantitative estimate of drug-likeness (QED) is 0.388. The van der Waals surface area contributed by atoms with Crippen LogP contribution in [0, 0.1) is 0 Å². The lowest BCUT2D eigenvalue weighted by Gasteiger charge is -2.14. The van der Waals surface area contributed by atoms with Crippen LogP contribution in [0.5, 0.6) is 0 Å².